The molecule has 9 N–H and O–H groups in total. The summed E-state index contributed by atoms with van der Waals surface area (Å²) >= 11 is 0.138. The van der Waals surface area contributed by atoms with Crippen molar-refractivity contribution in [3.05, 3.63) is 60.7 Å². The molecule has 4 aromatic carbocycles. The zero-order chi connectivity index (χ0) is 49.1. The Labute approximate surface area is 381 Å². The molecule has 30 nitrogen and oxygen atoms in total. The first-order valence-electron chi connectivity index (χ1n) is 16.7. The maximum Gasteiger partial charge on any atom is 0.296 e. The van der Waals surface area contributed by atoms with Gasteiger partial charge in [0.2, 0.25) is 0 Å². The molecule has 0 bridgehead atoms. The SMILES string of the molecule is COc1ccc(/N=N/c2c(N)c(/N=N/c3ccc(S(=O)(=O)CCOSOOO)cc3S(=O)(=O)O)cc(/N=N/c3ccc(S(=O)(=O)CCOSOOO)cc3S(=O)(=O)O)c2N)c(S(=O)(=O)O)c1. The number of hydrogen-bond acceptors (Lipinski definition) is 29. The maximum atomic E-state index is 12.9. The van der Waals surface area contributed by atoms with Crippen molar-refractivity contribution in [1.29, 1.82) is 0 Å². The second-order valence-electron chi connectivity index (χ2n) is 11.9. The van der Waals surface area contributed by atoms with Gasteiger partial charge in [0.15, 0.2) is 44.3 Å². The smallest absolute Gasteiger partial charge is 0.296 e. The van der Waals surface area contributed by atoms with Crippen LogP contribution in [0.5, 0.6) is 5.75 Å². The highest BCUT2D eigenvalue weighted by molar-refractivity contribution is 7.92. The van der Waals surface area contributed by atoms with Gasteiger partial charge in [-0.25, -0.2) is 27.4 Å². The Morgan fingerprint density at radius 2 is 0.879 bits per heavy atom. The van der Waals surface area contributed by atoms with Crippen molar-refractivity contribution in [1.82, 2.24) is 0 Å². The van der Waals surface area contributed by atoms with E-state index in [9.17, 15) is 55.7 Å². The van der Waals surface area contributed by atoms with Gasteiger partial charge in [0.1, 0.15) is 54.6 Å². The molecule has 0 spiro atoms. The molecule has 4 aromatic rings. The highest BCUT2D eigenvalue weighted by Gasteiger charge is 2.25. The van der Waals surface area contributed by atoms with Crippen LogP contribution in [0.15, 0.2) is 116 Å². The van der Waals surface area contributed by atoms with Crippen LogP contribution in [0.25, 0.3) is 0 Å². The fraction of sp³-hybridized carbons (Fsp3) is 0.172. The van der Waals surface area contributed by atoms with Crippen LogP contribution in [-0.4, -0.2) is 98.1 Å². The van der Waals surface area contributed by atoms with Crippen LogP contribution in [0.3, 0.4) is 0 Å². The number of anilines is 2. The average molecular weight is 1070 g/mol. The van der Waals surface area contributed by atoms with Crippen molar-refractivity contribution in [2.45, 2.75) is 24.5 Å². The largest absolute Gasteiger partial charge is 0.497 e. The summed E-state index contributed by atoms with van der Waals surface area (Å²) < 4.78 is 178. The Morgan fingerprint density at radius 3 is 1.26 bits per heavy atom. The van der Waals surface area contributed by atoms with Gasteiger partial charge in [0.25, 0.3) is 30.4 Å². The summed E-state index contributed by atoms with van der Waals surface area (Å²) in [5, 5.41) is 45.8. The number of ether oxygens (including phenoxy) is 1. The van der Waals surface area contributed by atoms with E-state index >= 15 is 0 Å². The van der Waals surface area contributed by atoms with Gasteiger partial charge in [-0.3, -0.25) is 22.0 Å². The molecule has 0 unspecified atom stereocenters. The molecule has 4 rings (SSSR count). The third-order valence-corrected chi connectivity index (χ3v) is 14.5. The van der Waals surface area contributed by atoms with Crippen molar-refractivity contribution >= 4 is 120 Å². The second kappa shape index (κ2) is 22.7. The quantitative estimate of drug-likeness (QED) is 0.00878. The molecule has 0 fully saturated rings. The molecule has 0 aliphatic carbocycles. The molecule has 0 heterocycles. The third kappa shape index (κ3) is 14.5. The molecular weight excluding hydrogens is 1040 g/mol. The van der Waals surface area contributed by atoms with Crippen LogP contribution in [0.2, 0.25) is 0 Å². The van der Waals surface area contributed by atoms with Crippen molar-refractivity contribution in [3.8, 4) is 5.75 Å². The summed E-state index contributed by atoms with van der Waals surface area (Å²) in [6, 6.07) is 8.56. The molecule has 0 saturated carbocycles. The summed E-state index contributed by atoms with van der Waals surface area (Å²) in [6.07, 6.45) is 0. The van der Waals surface area contributed by atoms with Gasteiger partial charge in [0.05, 0.1) is 53.0 Å². The predicted octanol–water partition coefficient (Wildman–Crippen LogP) is 5.40. The summed E-state index contributed by atoms with van der Waals surface area (Å²) in [6.45, 7) is -1.13. The summed E-state index contributed by atoms with van der Waals surface area (Å²) in [7, 11) is -23.0. The van der Waals surface area contributed by atoms with Crippen LogP contribution in [0, 0.1) is 0 Å². The van der Waals surface area contributed by atoms with Crippen LogP contribution in [0.4, 0.5) is 45.5 Å². The van der Waals surface area contributed by atoms with E-state index in [1.807, 2.05) is 0 Å². The number of benzene rings is 4. The van der Waals surface area contributed by atoms with E-state index in [-0.39, 0.29) is 30.4 Å². The number of nitrogens with two attached hydrogens (primary N) is 2. The van der Waals surface area contributed by atoms with E-state index in [2.05, 4.69) is 49.4 Å². The lowest BCUT2D eigenvalue weighted by Crippen LogP contribution is -2.12. The van der Waals surface area contributed by atoms with Crippen molar-refractivity contribution in [3.63, 3.8) is 0 Å². The van der Waals surface area contributed by atoms with Gasteiger partial charge < -0.3 is 16.2 Å². The first kappa shape index (κ1) is 53.7. The van der Waals surface area contributed by atoms with Gasteiger partial charge in [-0.1, -0.05) is 10.1 Å². The Bertz CT molecular complexity index is 2940. The van der Waals surface area contributed by atoms with Gasteiger partial charge in [0, 0.05) is 6.07 Å². The van der Waals surface area contributed by atoms with Crippen LogP contribution in [-0.2, 0) is 77.1 Å². The van der Waals surface area contributed by atoms with E-state index in [4.69, 9.17) is 35.1 Å². The normalized spacial score (nSPS) is 13.1. The van der Waals surface area contributed by atoms with Gasteiger partial charge in [-0.05, 0) is 54.6 Å². The zero-order valence-corrected chi connectivity index (χ0v) is 38.2. The van der Waals surface area contributed by atoms with E-state index in [0.29, 0.717) is 12.1 Å². The van der Waals surface area contributed by atoms with E-state index in [1.54, 1.807) is 0 Å². The summed E-state index contributed by atoms with van der Waals surface area (Å²) in [4.78, 5) is -4.29. The first-order valence-corrected chi connectivity index (χ1v) is 25.6. The van der Waals surface area contributed by atoms with Crippen molar-refractivity contribution < 1.29 is 98.1 Å². The molecule has 0 saturated heterocycles. The number of methoxy groups -OCH3 is 1. The number of nitrogen functional groups attached to an aromatic ring is 2. The summed E-state index contributed by atoms with van der Waals surface area (Å²) in [5.41, 5.74) is 7.90. The minimum Gasteiger partial charge on any atom is -0.497 e. The molecule has 0 aliphatic heterocycles. The topological polar surface area (TPSA) is 463 Å². The number of rotatable bonds is 24. The molecule has 360 valence electrons. The number of nitrogens with zero attached hydrogens (tertiary/aromatic N) is 6. The van der Waals surface area contributed by atoms with Crippen molar-refractivity contribution in [2.75, 3.05) is 43.3 Å². The lowest BCUT2D eigenvalue weighted by Gasteiger charge is -2.11. The van der Waals surface area contributed by atoms with Gasteiger partial charge in [-0.2, -0.15) is 25.3 Å². The monoisotopic (exact) mass is 1070 g/mol. The Kier molecular flexibility index (Phi) is 18.5. The standard InChI is InChI=1S/C29H30N8O22S7/c1-53-16-2-5-19(24(12-16)64(44,45)46)34-37-29-27(30)22(35-32-20-6-3-17(13-25(20)65(47,48)49)62(40,41)10-8-54-60-58-56-38)15-23(28(29)31)36-33-21-7-4-18(14-26(21)66(50,51)52)63(42,43)11-9-55-61-59-57-39/h2-7,12-15,38-39H,8-11,30-31H2,1H3,(H,44,45,46)(H,47,48,49)(H,50,51,52)/b35-32+,36-33+,37-34+. The molecule has 0 amide bonds. The fourth-order valence-corrected chi connectivity index (χ4v) is 9.74. The fourth-order valence-electron chi connectivity index (χ4n) is 4.79. The maximum absolute atomic E-state index is 12.9. The second-order valence-corrected chi connectivity index (χ2v) is 21.3. The molecule has 0 aliphatic rings. The lowest BCUT2D eigenvalue weighted by molar-refractivity contribution is -0.434. The molecular formula is C29H30N8O22S7. The van der Waals surface area contributed by atoms with Crippen LogP contribution in [0.1, 0.15) is 0 Å². The van der Waals surface area contributed by atoms with E-state index in [1.165, 1.54) is 13.2 Å². The van der Waals surface area contributed by atoms with Gasteiger partial charge >= 0.3 is 0 Å². The number of sulfone groups is 2. The average Bonchev–Trinajstić information content (AvgIpc) is 3.24. The third-order valence-electron chi connectivity index (χ3n) is 7.79. The Hall–Kier alpha value is -4.91. The minimum atomic E-state index is -5.27. The highest BCUT2D eigenvalue weighted by Crippen LogP contribution is 2.46. The highest BCUT2D eigenvalue weighted by atomic mass is 32.2. The summed E-state index contributed by atoms with van der Waals surface area (Å²) in [5.74, 6) is -1.58. The lowest BCUT2D eigenvalue weighted by atomic mass is 10.2. The van der Waals surface area contributed by atoms with Crippen molar-refractivity contribution in [2.24, 2.45) is 30.7 Å². The van der Waals surface area contributed by atoms with Crippen LogP contribution < -0.4 is 16.2 Å². The minimum absolute atomic E-state index is 0.0310. The van der Waals surface area contributed by atoms with E-state index in [0.717, 1.165) is 42.5 Å². The molecule has 0 radical (unpaired) electrons. The zero-order valence-electron chi connectivity index (χ0n) is 32.5. The molecule has 0 atom stereocenters. The number of azo groups is 3. The molecule has 0 aromatic heterocycles. The first-order chi connectivity index (χ1) is 30.8. The van der Waals surface area contributed by atoms with Crippen LogP contribution >= 0.6 is 24.6 Å². The van der Waals surface area contributed by atoms with E-state index < -0.39 is 145 Å². The molecule has 37 heteroatoms. The number of hydrogen-bond donors (Lipinski definition) is 7. The Balaban J connectivity index is 1.89. The Morgan fingerprint density at radius 1 is 0.515 bits per heavy atom. The predicted molar refractivity (Wildman–Crippen MR) is 224 cm³/mol. The van der Waals surface area contributed by atoms with Gasteiger partial charge in [-0.15, -0.1) is 39.4 Å². The molecule has 66 heavy (non-hydrogen) atoms.